The van der Waals surface area contributed by atoms with Gasteiger partial charge in [-0.2, -0.15) is 0 Å². The molecule has 0 aromatic heterocycles. The summed E-state index contributed by atoms with van der Waals surface area (Å²) in [6, 6.07) is 13.5. The number of benzene rings is 2. The van der Waals surface area contributed by atoms with Crippen LogP contribution in [0.2, 0.25) is 0 Å². The van der Waals surface area contributed by atoms with Crippen LogP contribution >= 0.6 is 22.6 Å². The fourth-order valence-electron chi connectivity index (χ4n) is 1.55. The first kappa shape index (κ1) is 13.8. The molecule has 0 spiro atoms. The lowest BCUT2D eigenvalue weighted by molar-refractivity contribution is -0.114. The summed E-state index contributed by atoms with van der Waals surface area (Å²) in [7, 11) is 0. The van der Waals surface area contributed by atoms with Crippen LogP contribution in [-0.4, -0.2) is 12.5 Å². The summed E-state index contributed by atoms with van der Waals surface area (Å²) >= 11 is 2.19. The zero-order valence-electron chi connectivity index (χ0n) is 9.99. The highest BCUT2D eigenvalue weighted by Gasteiger charge is 2.04. The summed E-state index contributed by atoms with van der Waals surface area (Å²) in [5, 5.41) is 5.66. The Kier molecular flexibility index (Phi) is 4.73. The van der Waals surface area contributed by atoms with Gasteiger partial charge in [-0.1, -0.05) is 18.2 Å². The molecule has 0 heterocycles. The second kappa shape index (κ2) is 6.51. The Balaban J connectivity index is 1.90. The number of nitrogens with one attached hydrogen (secondary N) is 2. The van der Waals surface area contributed by atoms with Gasteiger partial charge in [0.1, 0.15) is 5.82 Å². The number of para-hydroxylation sites is 1. The molecular formula is C14H12FIN2O. The van der Waals surface area contributed by atoms with Crippen molar-refractivity contribution in [2.45, 2.75) is 0 Å². The fraction of sp³-hybridized carbons (Fsp3) is 0.0714. The largest absolute Gasteiger partial charge is 0.375 e. The molecule has 0 saturated carbocycles. The molecule has 0 atom stereocenters. The first-order valence-electron chi connectivity index (χ1n) is 5.69. The molecule has 2 N–H and O–H groups in total. The van der Waals surface area contributed by atoms with Gasteiger partial charge in [0.05, 0.1) is 6.54 Å². The van der Waals surface area contributed by atoms with Crippen molar-refractivity contribution in [3.8, 4) is 0 Å². The molecule has 2 aromatic carbocycles. The Morgan fingerprint density at radius 1 is 1.16 bits per heavy atom. The van der Waals surface area contributed by atoms with E-state index in [1.165, 1.54) is 12.1 Å². The third kappa shape index (κ3) is 4.20. The van der Waals surface area contributed by atoms with Gasteiger partial charge in [0.15, 0.2) is 0 Å². The Morgan fingerprint density at radius 2 is 1.95 bits per heavy atom. The van der Waals surface area contributed by atoms with E-state index >= 15 is 0 Å². The van der Waals surface area contributed by atoms with Gasteiger partial charge in [-0.25, -0.2) is 4.39 Å². The lowest BCUT2D eigenvalue weighted by Gasteiger charge is -2.09. The Labute approximate surface area is 124 Å². The van der Waals surface area contributed by atoms with Crippen molar-refractivity contribution in [1.29, 1.82) is 0 Å². The van der Waals surface area contributed by atoms with Gasteiger partial charge < -0.3 is 10.6 Å². The third-order valence-corrected chi connectivity index (χ3v) is 3.36. The van der Waals surface area contributed by atoms with Crippen LogP contribution in [0.25, 0.3) is 0 Å². The van der Waals surface area contributed by atoms with Crippen LogP contribution in [0.4, 0.5) is 15.8 Å². The molecular weight excluding hydrogens is 358 g/mol. The maximum absolute atomic E-state index is 13.0. The second-order valence-corrected chi connectivity index (χ2v) is 5.05. The third-order valence-electron chi connectivity index (χ3n) is 2.42. The number of hydrogen-bond acceptors (Lipinski definition) is 2. The molecule has 0 fully saturated rings. The van der Waals surface area contributed by atoms with Crippen LogP contribution in [-0.2, 0) is 4.79 Å². The van der Waals surface area contributed by atoms with Crippen molar-refractivity contribution in [3.05, 3.63) is 57.9 Å². The maximum Gasteiger partial charge on any atom is 0.243 e. The smallest absolute Gasteiger partial charge is 0.243 e. The van der Waals surface area contributed by atoms with Crippen molar-refractivity contribution >= 4 is 39.9 Å². The van der Waals surface area contributed by atoms with Gasteiger partial charge in [-0.15, -0.1) is 0 Å². The van der Waals surface area contributed by atoms with Gasteiger partial charge in [0, 0.05) is 14.9 Å². The van der Waals surface area contributed by atoms with Crippen molar-refractivity contribution in [2.24, 2.45) is 0 Å². The highest BCUT2D eigenvalue weighted by Crippen LogP contribution is 2.16. The minimum Gasteiger partial charge on any atom is -0.375 e. The molecule has 0 aliphatic heterocycles. The quantitative estimate of drug-likeness (QED) is 0.810. The normalized spacial score (nSPS) is 10.0. The molecule has 2 rings (SSSR count). The van der Waals surface area contributed by atoms with Crippen molar-refractivity contribution in [2.75, 3.05) is 17.2 Å². The van der Waals surface area contributed by atoms with E-state index in [0.29, 0.717) is 5.69 Å². The van der Waals surface area contributed by atoms with Crippen LogP contribution in [0.1, 0.15) is 0 Å². The van der Waals surface area contributed by atoms with Gasteiger partial charge in [-0.05, 0) is 52.9 Å². The van der Waals surface area contributed by atoms with Gasteiger partial charge >= 0.3 is 0 Å². The first-order chi connectivity index (χ1) is 9.15. The van der Waals surface area contributed by atoms with Gasteiger partial charge in [-0.3, -0.25) is 4.79 Å². The van der Waals surface area contributed by atoms with E-state index in [0.717, 1.165) is 9.26 Å². The zero-order chi connectivity index (χ0) is 13.7. The lowest BCUT2D eigenvalue weighted by atomic mass is 10.3. The SMILES string of the molecule is O=C(CNc1ccccc1I)Nc1cccc(F)c1. The first-order valence-corrected chi connectivity index (χ1v) is 6.77. The minimum absolute atomic E-state index is 0.135. The number of amides is 1. The number of halogens is 2. The standard InChI is InChI=1S/C14H12FIN2O/c15-10-4-3-5-11(8-10)18-14(19)9-17-13-7-2-1-6-12(13)16/h1-8,17H,9H2,(H,18,19). The van der Waals surface area contributed by atoms with Crippen LogP contribution in [0.5, 0.6) is 0 Å². The van der Waals surface area contributed by atoms with E-state index in [2.05, 4.69) is 33.2 Å². The van der Waals surface area contributed by atoms with E-state index in [-0.39, 0.29) is 18.3 Å². The molecule has 1 amide bonds. The molecule has 19 heavy (non-hydrogen) atoms. The summed E-state index contributed by atoms with van der Waals surface area (Å²) in [6.45, 7) is 0.135. The van der Waals surface area contributed by atoms with E-state index in [1.54, 1.807) is 12.1 Å². The van der Waals surface area contributed by atoms with Crippen LogP contribution in [0.3, 0.4) is 0 Å². The number of carbonyl (C=O) groups excluding carboxylic acids is 1. The summed E-state index contributed by atoms with van der Waals surface area (Å²) < 4.78 is 14.0. The number of rotatable bonds is 4. The van der Waals surface area contributed by atoms with Crippen LogP contribution in [0, 0.1) is 9.39 Å². The molecule has 0 aliphatic rings. The number of hydrogen-bond donors (Lipinski definition) is 2. The lowest BCUT2D eigenvalue weighted by Crippen LogP contribution is -2.22. The molecule has 3 nitrogen and oxygen atoms in total. The van der Waals surface area contributed by atoms with E-state index in [9.17, 15) is 9.18 Å². The average Bonchev–Trinajstić information content (AvgIpc) is 2.38. The maximum atomic E-state index is 13.0. The highest BCUT2D eigenvalue weighted by atomic mass is 127. The topological polar surface area (TPSA) is 41.1 Å². The minimum atomic E-state index is -0.372. The Bertz CT molecular complexity index is 589. The summed E-state index contributed by atoms with van der Waals surface area (Å²) in [5.41, 5.74) is 1.35. The Hall–Kier alpha value is -1.63. The van der Waals surface area contributed by atoms with Crippen molar-refractivity contribution in [1.82, 2.24) is 0 Å². The monoisotopic (exact) mass is 370 g/mol. The van der Waals surface area contributed by atoms with E-state index < -0.39 is 0 Å². The summed E-state index contributed by atoms with van der Waals surface area (Å²) in [5.74, 6) is -0.589. The molecule has 0 aliphatic carbocycles. The molecule has 0 unspecified atom stereocenters. The van der Waals surface area contributed by atoms with Gasteiger partial charge in [0.2, 0.25) is 5.91 Å². The van der Waals surface area contributed by atoms with Crippen molar-refractivity contribution < 1.29 is 9.18 Å². The predicted molar refractivity (Wildman–Crippen MR) is 82.7 cm³/mol. The van der Waals surface area contributed by atoms with Crippen LogP contribution < -0.4 is 10.6 Å². The second-order valence-electron chi connectivity index (χ2n) is 3.89. The predicted octanol–water partition coefficient (Wildman–Crippen LogP) is 3.48. The van der Waals surface area contributed by atoms with Gasteiger partial charge in [0.25, 0.3) is 0 Å². The summed E-state index contributed by atoms with van der Waals surface area (Å²) in [4.78, 5) is 11.7. The van der Waals surface area contributed by atoms with Crippen molar-refractivity contribution in [3.63, 3.8) is 0 Å². The Morgan fingerprint density at radius 3 is 2.68 bits per heavy atom. The molecule has 2 aromatic rings. The van der Waals surface area contributed by atoms with E-state index in [1.807, 2.05) is 24.3 Å². The fourth-order valence-corrected chi connectivity index (χ4v) is 2.13. The average molecular weight is 370 g/mol. The number of carbonyl (C=O) groups is 1. The van der Waals surface area contributed by atoms with Crippen LogP contribution in [0.15, 0.2) is 48.5 Å². The number of anilines is 2. The highest BCUT2D eigenvalue weighted by molar-refractivity contribution is 14.1. The molecule has 98 valence electrons. The molecule has 5 heteroatoms. The zero-order valence-corrected chi connectivity index (χ0v) is 12.1. The van der Waals surface area contributed by atoms with E-state index in [4.69, 9.17) is 0 Å². The molecule has 0 saturated heterocycles. The molecule has 0 radical (unpaired) electrons. The summed E-state index contributed by atoms with van der Waals surface area (Å²) in [6.07, 6.45) is 0. The molecule has 0 bridgehead atoms.